The third-order valence-electron chi connectivity index (χ3n) is 11.8. The van der Waals surface area contributed by atoms with Crippen LogP contribution in [0.2, 0.25) is 0 Å². The summed E-state index contributed by atoms with van der Waals surface area (Å²) in [6.45, 7) is 0. The quantitative estimate of drug-likeness (QED) is 0.157. The third-order valence-corrected chi connectivity index (χ3v) is 13.1. The number of para-hydroxylation sites is 1. The zero-order chi connectivity index (χ0) is 38.9. The molecule has 0 spiro atoms. The van der Waals surface area contributed by atoms with Gasteiger partial charge < -0.3 is 9.32 Å². The highest BCUT2D eigenvalue weighted by Crippen LogP contribution is 2.49. The van der Waals surface area contributed by atoms with Gasteiger partial charge in [-0.05, 0) is 97.9 Å². The molecule has 276 valence electrons. The van der Waals surface area contributed by atoms with Gasteiger partial charge in [0.05, 0.1) is 16.1 Å². The fourth-order valence-electron chi connectivity index (χ4n) is 9.18. The number of fused-ring (bicyclic) bond motifs is 9. The van der Waals surface area contributed by atoms with Gasteiger partial charge in [-0.1, -0.05) is 164 Å². The Hall–Kier alpha value is -7.46. The molecule has 12 rings (SSSR count). The van der Waals surface area contributed by atoms with E-state index in [1.54, 1.807) is 0 Å². The Morgan fingerprint density at radius 2 is 1.02 bits per heavy atom. The van der Waals surface area contributed by atoms with Crippen LogP contribution in [-0.2, 0) is 0 Å². The van der Waals surface area contributed by atoms with Crippen LogP contribution >= 0.6 is 11.3 Å². The Kier molecular flexibility index (Phi) is 7.75. The molecule has 2 aromatic heterocycles. The van der Waals surface area contributed by atoms with E-state index in [1.165, 1.54) is 52.8 Å². The lowest BCUT2D eigenvalue weighted by molar-refractivity contribution is 0.669. The summed E-state index contributed by atoms with van der Waals surface area (Å²) in [5, 5.41) is 9.79. The molecular weight excluding hydrogens is 735 g/mol. The monoisotopic (exact) mass is 769 g/mol. The van der Waals surface area contributed by atoms with Crippen molar-refractivity contribution in [3.05, 3.63) is 212 Å². The maximum atomic E-state index is 6.38. The number of nitrogens with zero attached hydrogens (tertiary/aromatic N) is 1. The summed E-state index contributed by atoms with van der Waals surface area (Å²) in [5.41, 5.74) is 12.1. The minimum Gasteiger partial charge on any atom is -0.456 e. The van der Waals surface area contributed by atoms with Gasteiger partial charge >= 0.3 is 0 Å². The van der Waals surface area contributed by atoms with Crippen LogP contribution in [0.4, 0.5) is 17.1 Å². The van der Waals surface area contributed by atoms with Crippen molar-refractivity contribution in [2.24, 2.45) is 0 Å². The van der Waals surface area contributed by atoms with Gasteiger partial charge in [-0.3, -0.25) is 0 Å². The van der Waals surface area contributed by atoms with E-state index >= 15 is 0 Å². The average molecular weight is 770 g/mol. The Bertz CT molecular complexity index is 3580. The highest BCUT2D eigenvalue weighted by molar-refractivity contribution is 7.26. The summed E-state index contributed by atoms with van der Waals surface area (Å²) in [6, 6.07) is 77.2. The molecule has 3 heteroatoms. The molecule has 0 aliphatic heterocycles. The molecule has 0 N–H and O–H groups in total. The first-order chi connectivity index (χ1) is 29.3. The molecule has 0 saturated heterocycles. The number of hydrogen-bond acceptors (Lipinski definition) is 3. The number of hydrogen-bond donors (Lipinski definition) is 0. The van der Waals surface area contributed by atoms with Crippen LogP contribution in [0.15, 0.2) is 217 Å². The maximum absolute atomic E-state index is 6.38. The zero-order valence-electron chi connectivity index (χ0n) is 32.0. The van der Waals surface area contributed by atoms with E-state index in [2.05, 4.69) is 211 Å². The van der Waals surface area contributed by atoms with E-state index in [0.29, 0.717) is 0 Å². The molecule has 0 atom stereocenters. The molecule has 0 aliphatic rings. The Balaban J connectivity index is 1.16. The van der Waals surface area contributed by atoms with E-state index in [4.69, 9.17) is 4.42 Å². The Morgan fingerprint density at radius 1 is 0.356 bits per heavy atom. The van der Waals surface area contributed by atoms with Crippen LogP contribution in [0.5, 0.6) is 0 Å². The number of benzene rings is 10. The fraction of sp³-hybridized carbons (Fsp3) is 0. The summed E-state index contributed by atoms with van der Waals surface area (Å²) in [7, 11) is 0. The van der Waals surface area contributed by atoms with Gasteiger partial charge in [0.2, 0.25) is 0 Å². The topological polar surface area (TPSA) is 16.4 Å². The van der Waals surface area contributed by atoms with Gasteiger partial charge in [-0.15, -0.1) is 11.3 Å². The maximum Gasteiger partial charge on any atom is 0.136 e. The molecule has 0 amide bonds. The first kappa shape index (κ1) is 33.7. The van der Waals surface area contributed by atoms with Crippen molar-refractivity contribution in [3.63, 3.8) is 0 Å². The van der Waals surface area contributed by atoms with Gasteiger partial charge in [0.25, 0.3) is 0 Å². The minimum atomic E-state index is 0.891. The number of rotatable bonds is 6. The van der Waals surface area contributed by atoms with Gasteiger partial charge in [-0.2, -0.15) is 0 Å². The number of thiophene rings is 1. The summed E-state index contributed by atoms with van der Waals surface area (Å²) in [5.74, 6) is 0. The van der Waals surface area contributed by atoms with Gasteiger partial charge in [-0.25, -0.2) is 0 Å². The van der Waals surface area contributed by atoms with E-state index in [1.807, 2.05) is 17.4 Å². The van der Waals surface area contributed by atoms with Crippen molar-refractivity contribution in [1.29, 1.82) is 0 Å². The molecule has 0 unspecified atom stereocenters. The largest absolute Gasteiger partial charge is 0.456 e. The SMILES string of the molecule is c1ccc(-c2ccc(-c3cc4ccccc4c4ccccc34)cc2N(c2cccc(-c3cccc4oc5ccccc5c34)c2)c2cccc3c2sc2ccccc23)cc1. The molecule has 0 aliphatic carbocycles. The lowest BCUT2D eigenvalue weighted by atomic mass is 9.91. The van der Waals surface area contributed by atoms with E-state index < -0.39 is 0 Å². The summed E-state index contributed by atoms with van der Waals surface area (Å²) >= 11 is 1.86. The molecule has 2 nitrogen and oxygen atoms in total. The van der Waals surface area contributed by atoms with Crippen LogP contribution in [0.3, 0.4) is 0 Å². The lowest BCUT2D eigenvalue weighted by Gasteiger charge is -2.29. The average Bonchev–Trinajstić information content (AvgIpc) is 3.89. The molecule has 59 heavy (non-hydrogen) atoms. The summed E-state index contributed by atoms with van der Waals surface area (Å²) in [6.07, 6.45) is 0. The lowest BCUT2D eigenvalue weighted by Crippen LogP contribution is -2.12. The Morgan fingerprint density at radius 3 is 1.92 bits per heavy atom. The first-order valence-electron chi connectivity index (χ1n) is 20.1. The van der Waals surface area contributed by atoms with E-state index in [0.717, 1.165) is 61.3 Å². The van der Waals surface area contributed by atoms with Crippen LogP contribution in [-0.4, -0.2) is 0 Å². The molecule has 0 radical (unpaired) electrons. The first-order valence-corrected chi connectivity index (χ1v) is 20.9. The molecule has 12 aromatic rings. The minimum absolute atomic E-state index is 0.891. The van der Waals surface area contributed by atoms with E-state index in [9.17, 15) is 0 Å². The highest BCUT2D eigenvalue weighted by atomic mass is 32.1. The van der Waals surface area contributed by atoms with Crippen molar-refractivity contribution < 1.29 is 4.42 Å². The normalized spacial score (nSPS) is 11.7. The van der Waals surface area contributed by atoms with Gasteiger partial charge in [0, 0.05) is 37.5 Å². The van der Waals surface area contributed by atoms with Gasteiger partial charge in [0.15, 0.2) is 0 Å². The van der Waals surface area contributed by atoms with Crippen molar-refractivity contribution in [3.8, 4) is 33.4 Å². The molecule has 2 heterocycles. The van der Waals surface area contributed by atoms with Crippen LogP contribution < -0.4 is 4.90 Å². The van der Waals surface area contributed by atoms with Crippen LogP contribution in [0.1, 0.15) is 0 Å². The highest BCUT2D eigenvalue weighted by Gasteiger charge is 2.23. The number of furan rings is 1. The van der Waals surface area contributed by atoms with Crippen molar-refractivity contribution in [2.45, 2.75) is 0 Å². The van der Waals surface area contributed by atoms with E-state index in [-0.39, 0.29) is 0 Å². The molecule has 10 aromatic carbocycles. The standard InChI is InChI=1S/C56H35NOS/c1-2-15-36(16-3-1)42-32-31-39(49-34-38-17-4-5-20-41(38)44-21-6-7-22-45(44)49)35-51(42)57(50-27-13-26-47-46-23-9-11-30-54(46)59-56(47)50)40-19-12-18-37(33-40)43-25-14-29-53-55(43)48-24-8-10-28-52(48)58-53/h1-35H. The second-order valence-corrected chi connectivity index (χ2v) is 16.3. The zero-order valence-corrected chi connectivity index (χ0v) is 32.8. The van der Waals surface area contributed by atoms with Gasteiger partial charge in [0.1, 0.15) is 11.2 Å². The fourth-order valence-corrected chi connectivity index (χ4v) is 10.4. The second kappa shape index (κ2) is 13.6. The Labute approximate surface area is 345 Å². The van der Waals surface area contributed by atoms with Crippen molar-refractivity contribution in [2.75, 3.05) is 4.90 Å². The summed E-state index contributed by atoms with van der Waals surface area (Å²) in [4.78, 5) is 2.50. The molecule has 0 fully saturated rings. The third kappa shape index (κ3) is 5.47. The van der Waals surface area contributed by atoms with Crippen molar-refractivity contribution >= 4 is 92.1 Å². The molecule has 0 saturated carbocycles. The summed E-state index contributed by atoms with van der Waals surface area (Å²) < 4.78 is 8.91. The molecular formula is C56H35NOS. The van der Waals surface area contributed by atoms with Crippen LogP contribution in [0.25, 0.3) is 97.0 Å². The number of anilines is 3. The predicted octanol–water partition coefficient (Wildman–Crippen LogP) is 16.7. The smallest absolute Gasteiger partial charge is 0.136 e. The predicted molar refractivity (Wildman–Crippen MR) is 253 cm³/mol. The molecule has 0 bridgehead atoms. The second-order valence-electron chi connectivity index (χ2n) is 15.2. The van der Waals surface area contributed by atoms with Crippen LogP contribution in [0, 0.1) is 0 Å². The van der Waals surface area contributed by atoms with Crippen molar-refractivity contribution in [1.82, 2.24) is 0 Å².